The third-order valence-electron chi connectivity index (χ3n) is 2.04. The zero-order valence-electron chi connectivity index (χ0n) is 8.93. The van der Waals surface area contributed by atoms with Gasteiger partial charge in [-0.3, -0.25) is 5.43 Å². The molecule has 0 atom stereocenters. The first-order valence-electron chi connectivity index (χ1n) is 4.94. The maximum absolute atomic E-state index is 3.17. The van der Waals surface area contributed by atoms with Crippen LogP contribution in [0.25, 0.3) is 0 Å². The van der Waals surface area contributed by atoms with Gasteiger partial charge in [0.1, 0.15) is 0 Å². The second kappa shape index (κ2) is 7.53. The minimum absolute atomic E-state index is 1.15. The molecule has 0 saturated carbocycles. The van der Waals surface area contributed by atoms with Gasteiger partial charge in [-0.2, -0.15) is 0 Å². The number of hydrogen-bond acceptors (Lipinski definition) is 3. The summed E-state index contributed by atoms with van der Waals surface area (Å²) in [5, 5.41) is 2.27. The molecule has 1 saturated heterocycles. The van der Waals surface area contributed by atoms with Crippen LogP contribution in [0.5, 0.6) is 0 Å². The van der Waals surface area contributed by atoms with E-state index >= 15 is 0 Å². The first-order valence-corrected chi connectivity index (χ1v) is 4.94. The summed E-state index contributed by atoms with van der Waals surface area (Å²) in [6, 6.07) is 0. The smallest absolute Gasteiger partial charge is 0.0258 e. The topological polar surface area (TPSA) is 18.5 Å². The van der Waals surface area contributed by atoms with E-state index in [1.54, 1.807) is 0 Å². The Bertz CT molecular complexity index is 95.8. The average Bonchev–Trinajstić information content (AvgIpc) is 2.33. The zero-order chi connectivity index (χ0) is 9.40. The van der Waals surface area contributed by atoms with Crippen LogP contribution in [0.15, 0.2) is 0 Å². The van der Waals surface area contributed by atoms with Crippen LogP contribution in [0.1, 0.15) is 20.3 Å². The van der Waals surface area contributed by atoms with Gasteiger partial charge in [0.05, 0.1) is 0 Å². The molecule has 0 spiro atoms. The Labute approximate surface area is 76.7 Å². The van der Waals surface area contributed by atoms with E-state index in [4.69, 9.17) is 0 Å². The number of hydrogen-bond donors (Lipinski definition) is 1. The van der Waals surface area contributed by atoms with Gasteiger partial charge in [0, 0.05) is 19.6 Å². The van der Waals surface area contributed by atoms with Crippen molar-refractivity contribution in [2.24, 2.45) is 0 Å². The van der Waals surface area contributed by atoms with Crippen LogP contribution in [0.2, 0.25) is 0 Å². The minimum Gasteiger partial charge on any atom is -0.305 e. The van der Waals surface area contributed by atoms with Gasteiger partial charge in [-0.05, 0) is 27.1 Å². The van der Waals surface area contributed by atoms with Crippen molar-refractivity contribution in [3.05, 3.63) is 0 Å². The first-order chi connectivity index (χ1) is 5.83. The summed E-state index contributed by atoms with van der Waals surface area (Å²) in [4.78, 5) is 2.37. The maximum atomic E-state index is 3.17. The van der Waals surface area contributed by atoms with Gasteiger partial charge < -0.3 is 4.90 Å². The molecule has 1 N–H and O–H groups in total. The number of hydrazine groups is 1. The van der Waals surface area contributed by atoms with Crippen LogP contribution in [0.4, 0.5) is 0 Å². The molecule has 3 heteroatoms. The third-order valence-corrected chi connectivity index (χ3v) is 2.04. The molecule has 0 bridgehead atoms. The van der Waals surface area contributed by atoms with Crippen LogP contribution in [-0.2, 0) is 0 Å². The lowest BCUT2D eigenvalue weighted by Crippen LogP contribution is -2.37. The van der Waals surface area contributed by atoms with Crippen molar-refractivity contribution in [3.8, 4) is 0 Å². The highest BCUT2D eigenvalue weighted by Crippen LogP contribution is 1.96. The molecule has 0 aliphatic carbocycles. The first kappa shape index (κ1) is 11.9. The summed E-state index contributed by atoms with van der Waals surface area (Å²) in [5.74, 6) is 0. The van der Waals surface area contributed by atoms with Gasteiger partial charge in [0.15, 0.2) is 0 Å². The lowest BCUT2D eigenvalue weighted by molar-refractivity contribution is 0.214. The second-order valence-electron chi connectivity index (χ2n) is 2.87. The molecular formula is C9H23N3. The van der Waals surface area contributed by atoms with Gasteiger partial charge >= 0.3 is 0 Å². The van der Waals surface area contributed by atoms with E-state index in [2.05, 4.69) is 22.4 Å². The summed E-state index contributed by atoms with van der Waals surface area (Å²) < 4.78 is 0. The van der Waals surface area contributed by atoms with Crippen molar-refractivity contribution in [2.45, 2.75) is 20.3 Å². The molecule has 12 heavy (non-hydrogen) atoms. The standard InChI is InChI=1S/C7H17N3.C2H6/c1-8-10-5-3-4-9(2)6-7-10;1-2/h8H,3-7H2,1-2H3;1-2H3. The molecule has 1 aliphatic rings. The van der Waals surface area contributed by atoms with Gasteiger partial charge in [-0.25, -0.2) is 5.01 Å². The summed E-state index contributed by atoms with van der Waals surface area (Å²) in [7, 11) is 4.17. The Morgan fingerprint density at radius 2 is 1.67 bits per heavy atom. The van der Waals surface area contributed by atoms with Crippen molar-refractivity contribution in [1.29, 1.82) is 0 Å². The molecule has 0 unspecified atom stereocenters. The molecule has 0 aromatic rings. The normalized spacial score (nSPS) is 21.0. The predicted octanol–water partition coefficient (Wildman–Crippen LogP) is 0.785. The average molecular weight is 173 g/mol. The summed E-state index contributed by atoms with van der Waals surface area (Å²) >= 11 is 0. The highest BCUT2D eigenvalue weighted by Gasteiger charge is 2.08. The number of rotatable bonds is 1. The van der Waals surface area contributed by atoms with Crippen molar-refractivity contribution in [2.75, 3.05) is 40.3 Å². The number of nitrogens with zero attached hydrogens (tertiary/aromatic N) is 2. The van der Waals surface area contributed by atoms with E-state index in [-0.39, 0.29) is 0 Å². The Balaban J connectivity index is 0.000000561. The fraction of sp³-hybridized carbons (Fsp3) is 1.00. The van der Waals surface area contributed by atoms with Crippen molar-refractivity contribution in [1.82, 2.24) is 15.3 Å². The van der Waals surface area contributed by atoms with Crippen LogP contribution < -0.4 is 5.43 Å². The summed E-state index contributed by atoms with van der Waals surface area (Å²) in [6.45, 7) is 8.74. The lowest BCUT2D eigenvalue weighted by Gasteiger charge is -2.17. The van der Waals surface area contributed by atoms with Gasteiger partial charge in [0.2, 0.25) is 0 Å². The highest BCUT2D eigenvalue weighted by molar-refractivity contribution is 4.62. The monoisotopic (exact) mass is 173 g/mol. The lowest BCUT2D eigenvalue weighted by atomic mass is 10.4. The van der Waals surface area contributed by atoms with Crippen molar-refractivity contribution in [3.63, 3.8) is 0 Å². The summed E-state index contributed by atoms with van der Waals surface area (Å²) in [5.41, 5.74) is 3.17. The maximum Gasteiger partial charge on any atom is 0.0258 e. The molecule has 0 aromatic carbocycles. The molecule has 1 rings (SSSR count). The third kappa shape index (κ3) is 4.70. The summed E-state index contributed by atoms with van der Waals surface area (Å²) in [6.07, 6.45) is 1.28. The Morgan fingerprint density at radius 1 is 1.00 bits per heavy atom. The van der Waals surface area contributed by atoms with Crippen LogP contribution in [-0.4, -0.2) is 50.2 Å². The SMILES string of the molecule is CC.CNN1CCCN(C)CC1. The molecule has 74 valence electrons. The molecule has 0 amide bonds. The largest absolute Gasteiger partial charge is 0.305 e. The van der Waals surface area contributed by atoms with E-state index in [9.17, 15) is 0 Å². The van der Waals surface area contributed by atoms with Gasteiger partial charge in [-0.1, -0.05) is 13.8 Å². The molecular weight excluding hydrogens is 150 g/mol. The van der Waals surface area contributed by atoms with Crippen LogP contribution in [0.3, 0.4) is 0 Å². The Hall–Kier alpha value is -0.120. The van der Waals surface area contributed by atoms with Crippen LogP contribution in [0, 0.1) is 0 Å². The molecule has 0 aromatic heterocycles. The highest BCUT2D eigenvalue weighted by atomic mass is 15.5. The minimum atomic E-state index is 1.15. The molecule has 3 nitrogen and oxygen atoms in total. The van der Waals surface area contributed by atoms with Gasteiger partial charge in [0.25, 0.3) is 0 Å². The number of nitrogens with one attached hydrogen (secondary N) is 1. The van der Waals surface area contributed by atoms with E-state index in [0.717, 1.165) is 6.54 Å². The van der Waals surface area contributed by atoms with E-state index in [1.165, 1.54) is 26.1 Å². The molecule has 1 heterocycles. The molecule has 1 aliphatic heterocycles. The Kier molecular flexibility index (Phi) is 7.45. The number of likely N-dealkylation sites (N-methyl/N-ethyl adjacent to an activating group) is 1. The van der Waals surface area contributed by atoms with Crippen molar-refractivity contribution < 1.29 is 0 Å². The van der Waals surface area contributed by atoms with Crippen LogP contribution >= 0.6 is 0 Å². The van der Waals surface area contributed by atoms with E-state index < -0.39 is 0 Å². The quantitative estimate of drug-likeness (QED) is 0.632. The van der Waals surface area contributed by atoms with Gasteiger partial charge in [-0.15, -0.1) is 0 Å². The zero-order valence-corrected chi connectivity index (χ0v) is 8.93. The fourth-order valence-electron chi connectivity index (χ4n) is 1.27. The second-order valence-corrected chi connectivity index (χ2v) is 2.87. The van der Waals surface area contributed by atoms with Crippen molar-refractivity contribution >= 4 is 0 Å². The van der Waals surface area contributed by atoms with E-state index in [1.807, 2.05) is 20.9 Å². The fourth-order valence-corrected chi connectivity index (χ4v) is 1.27. The molecule has 0 radical (unpaired) electrons. The Morgan fingerprint density at radius 3 is 2.25 bits per heavy atom. The van der Waals surface area contributed by atoms with E-state index in [0.29, 0.717) is 0 Å². The predicted molar refractivity (Wildman–Crippen MR) is 54.1 cm³/mol. The molecule has 1 fully saturated rings.